The molecule has 100 valence electrons. The zero-order valence-electron chi connectivity index (χ0n) is 11.3. The highest BCUT2D eigenvalue weighted by atomic mass is 35.5. The summed E-state index contributed by atoms with van der Waals surface area (Å²) >= 11 is 6.09. The van der Waals surface area contributed by atoms with Gasteiger partial charge in [0.2, 0.25) is 0 Å². The smallest absolute Gasteiger partial charge is 0.126 e. The first-order valence-electron chi connectivity index (χ1n) is 6.21. The number of hydrogen-bond acceptors (Lipinski definition) is 1. The molecule has 0 spiro atoms. The van der Waals surface area contributed by atoms with Crippen molar-refractivity contribution in [1.29, 1.82) is 0 Å². The number of rotatable bonds is 3. The van der Waals surface area contributed by atoms with Crippen molar-refractivity contribution in [2.45, 2.75) is 19.9 Å². The predicted octanol–water partition coefficient (Wildman–Crippen LogP) is 4.40. The van der Waals surface area contributed by atoms with Gasteiger partial charge in [-0.05, 0) is 61.3 Å². The van der Waals surface area contributed by atoms with Crippen molar-refractivity contribution < 1.29 is 4.39 Å². The lowest BCUT2D eigenvalue weighted by molar-refractivity contribution is 0.608. The molecule has 2 rings (SSSR count). The van der Waals surface area contributed by atoms with E-state index in [9.17, 15) is 4.39 Å². The Balaban J connectivity index is 2.46. The summed E-state index contributed by atoms with van der Waals surface area (Å²) in [5.74, 6) is -0.184. The van der Waals surface area contributed by atoms with E-state index < -0.39 is 0 Å². The summed E-state index contributed by atoms with van der Waals surface area (Å²) < 4.78 is 13.7. The Kier molecular flexibility index (Phi) is 4.23. The molecule has 19 heavy (non-hydrogen) atoms. The molecule has 2 aromatic rings. The summed E-state index contributed by atoms with van der Waals surface area (Å²) in [6.45, 7) is 3.76. The van der Waals surface area contributed by atoms with E-state index >= 15 is 0 Å². The first kappa shape index (κ1) is 14.0. The van der Waals surface area contributed by atoms with E-state index in [-0.39, 0.29) is 11.9 Å². The second kappa shape index (κ2) is 5.72. The number of benzene rings is 2. The van der Waals surface area contributed by atoms with Crippen LogP contribution in [-0.2, 0) is 0 Å². The summed E-state index contributed by atoms with van der Waals surface area (Å²) in [6.07, 6.45) is 0. The number of halogens is 2. The van der Waals surface area contributed by atoms with Crippen molar-refractivity contribution in [3.05, 3.63) is 69.5 Å². The Morgan fingerprint density at radius 3 is 2.37 bits per heavy atom. The van der Waals surface area contributed by atoms with Crippen LogP contribution in [0.5, 0.6) is 0 Å². The predicted molar refractivity (Wildman–Crippen MR) is 78.2 cm³/mol. The molecule has 0 aliphatic rings. The van der Waals surface area contributed by atoms with E-state index in [1.807, 2.05) is 32.2 Å². The molecule has 0 radical (unpaired) electrons. The van der Waals surface area contributed by atoms with Crippen molar-refractivity contribution in [3.63, 3.8) is 0 Å². The molecule has 0 aliphatic carbocycles. The van der Waals surface area contributed by atoms with Gasteiger partial charge < -0.3 is 5.32 Å². The van der Waals surface area contributed by atoms with Crippen molar-refractivity contribution in [3.8, 4) is 0 Å². The van der Waals surface area contributed by atoms with Crippen LogP contribution in [0.25, 0.3) is 0 Å². The first-order valence-corrected chi connectivity index (χ1v) is 6.59. The normalized spacial score (nSPS) is 12.5. The molecule has 1 atom stereocenters. The molecule has 1 unspecified atom stereocenters. The van der Waals surface area contributed by atoms with Gasteiger partial charge in [0.1, 0.15) is 5.82 Å². The van der Waals surface area contributed by atoms with Crippen LogP contribution in [0.2, 0.25) is 5.02 Å². The Bertz CT molecular complexity index is 575. The standard InChI is InChI=1S/C16H17ClFN/c1-10-6-13(8-14(17)7-10)16(19-3)12-5-4-11(2)15(18)9-12/h4-9,16,19H,1-3H3. The molecule has 0 aromatic heterocycles. The Labute approximate surface area is 118 Å². The van der Waals surface area contributed by atoms with Crippen LogP contribution in [0.15, 0.2) is 36.4 Å². The Morgan fingerprint density at radius 1 is 1.05 bits per heavy atom. The minimum absolute atomic E-state index is 0.0625. The second-order valence-corrected chi connectivity index (χ2v) is 5.23. The highest BCUT2D eigenvalue weighted by molar-refractivity contribution is 6.30. The van der Waals surface area contributed by atoms with Crippen LogP contribution in [0, 0.1) is 19.7 Å². The second-order valence-electron chi connectivity index (χ2n) is 4.79. The fourth-order valence-corrected chi connectivity index (χ4v) is 2.54. The maximum atomic E-state index is 13.7. The average molecular weight is 278 g/mol. The van der Waals surface area contributed by atoms with E-state index in [2.05, 4.69) is 11.4 Å². The van der Waals surface area contributed by atoms with Gasteiger partial charge in [0.05, 0.1) is 6.04 Å². The van der Waals surface area contributed by atoms with E-state index in [0.717, 1.165) is 16.7 Å². The molecule has 2 aromatic carbocycles. The van der Waals surface area contributed by atoms with E-state index in [0.29, 0.717) is 10.6 Å². The third-order valence-electron chi connectivity index (χ3n) is 3.22. The van der Waals surface area contributed by atoms with Gasteiger partial charge >= 0.3 is 0 Å². The maximum absolute atomic E-state index is 13.7. The number of nitrogens with one attached hydrogen (secondary N) is 1. The monoisotopic (exact) mass is 277 g/mol. The van der Waals surface area contributed by atoms with Gasteiger partial charge in [-0.1, -0.05) is 29.8 Å². The van der Waals surface area contributed by atoms with Gasteiger partial charge in [-0.15, -0.1) is 0 Å². The summed E-state index contributed by atoms with van der Waals surface area (Å²) in [5.41, 5.74) is 3.68. The van der Waals surface area contributed by atoms with Crippen LogP contribution in [0.1, 0.15) is 28.3 Å². The maximum Gasteiger partial charge on any atom is 0.126 e. The molecule has 3 heteroatoms. The topological polar surface area (TPSA) is 12.0 Å². The minimum Gasteiger partial charge on any atom is -0.309 e. The molecule has 1 N–H and O–H groups in total. The van der Waals surface area contributed by atoms with Gasteiger partial charge in [0.25, 0.3) is 0 Å². The molecular weight excluding hydrogens is 261 g/mol. The van der Waals surface area contributed by atoms with Crippen molar-refractivity contribution in [2.24, 2.45) is 0 Å². The fourth-order valence-electron chi connectivity index (χ4n) is 2.25. The van der Waals surface area contributed by atoms with E-state index in [1.165, 1.54) is 0 Å². The molecule has 0 fully saturated rings. The fraction of sp³-hybridized carbons (Fsp3) is 0.250. The molecule has 0 amide bonds. The first-order chi connectivity index (χ1) is 9.01. The zero-order valence-corrected chi connectivity index (χ0v) is 12.1. The third-order valence-corrected chi connectivity index (χ3v) is 3.43. The summed E-state index contributed by atoms with van der Waals surface area (Å²) in [6, 6.07) is 11.1. The van der Waals surface area contributed by atoms with Gasteiger partial charge in [-0.25, -0.2) is 4.39 Å². The molecule has 0 bridgehead atoms. The van der Waals surface area contributed by atoms with E-state index in [1.54, 1.807) is 19.1 Å². The zero-order chi connectivity index (χ0) is 14.0. The Hall–Kier alpha value is -1.38. The van der Waals surface area contributed by atoms with Crippen LogP contribution in [0.3, 0.4) is 0 Å². The quantitative estimate of drug-likeness (QED) is 0.876. The lowest BCUT2D eigenvalue weighted by Crippen LogP contribution is -2.18. The molecule has 0 heterocycles. The number of hydrogen-bond donors (Lipinski definition) is 1. The highest BCUT2D eigenvalue weighted by Gasteiger charge is 2.14. The van der Waals surface area contributed by atoms with Gasteiger partial charge in [-0.3, -0.25) is 0 Å². The third kappa shape index (κ3) is 3.14. The summed E-state index contributed by atoms with van der Waals surface area (Å²) in [4.78, 5) is 0. The Morgan fingerprint density at radius 2 is 1.79 bits per heavy atom. The molecular formula is C16H17ClFN. The van der Waals surface area contributed by atoms with Crippen molar-refractivity contribution >= 4 is 11.6 Å². The minimum atomic E-state index is -0.184. The molecule has 0 aliphatic heterocycles. The SMILES string of the molecule is CNC(c1cc(C)cc(Cl)c1)c1ccc(C)c(F)c1. The molecule has 0 saturated heterocycles. The van der Waals surface area contributed by atoms with E-state index in [4.69, 9.17) is 11.6 Å². The lowest BCUT2D eigenvalue weighted by atomic mass is 9.96. The average Bonchev–Trinajstić information content (AvgIpc) is 2.33. The molecule has 1 nitrogen and oxygen atoms in total. The van der Waals surface area contributed by atoms with Crippen LogP contribution in [0.4, 0.5) is 4.39 Å². The summed E-state index contributed by atoms with van der Waals surface area (Å²) in [7, 11) is 1.86. The van der Waals surface area contributed by atoms with Gasteiger partial charge in [-0.2, -0.15) is 0 Å². The van der Waals surface area contributed by atoms with Crippen LogP contribution < -0.4 is 5.32 Å². The van der Waals surface area contributed by atoms with Crippen molar-refractivity contribution in [2.75, 3.05) is 7.05 Å². The van der Waals surface area contributed by atoms with Gasteiger partial charge in [0.15, 0.2) is 0 Å². The highest BCUT2D eigenvalue weighted by Crippen LogP contribution is 2.26. The largest absolute Gasteiger partial charge is 0.309 e. The number of aryl methyl sites for hydroxylation is 2. The van der Waals surface area contributed by atoms with Gasteiger partial charge in [0, 0.05) is 5.02 Å². The molecule has 0 saturated carbocycles. The summed E-state index contributed by atoms with van der Waals surface area (Å²) in [5, 5.41) is 3.91. The van der Waals surface area contributed by atoms with Crippen LogP contribution >= 0.6 is 11.6 Å². The van der Waals surface area contributed by atoms with Crippen LogP contribution in [-0.4, -0.2) is 7.05 Å². The van der Waals surface area contributed by atoms with Crippen molar-refractivity contribution in [1.82, 2.24) is 5.32 Å². The lowest BCUT2D eigenvalue weighted by Gasteiger charge is -2.18.